The van der Waals surface area contributed by atoms with E-state index in [1.54, 1.807) is 6.92 Å². The molecule has 1 aromatic carbocycles. The molecule has 18 heavy (non-hydrogen) atoms. The Kier molecular flexibility index (Phi) is 5.41. The highest BCUT2D eigenvalue weighted by atomic mass is 16.5. The predicted octanol–water partition coefficient (Wildman–Crippen LogP) is 2.13. The first-order chi connectivity index (χ1) is 8.60. The maximum Gasteiger partial charge on any atom is 0.327 e. The standard InChI is InChI=1S/C15H19NO2/c1-5-9-16-14(15(17)18-6-2)13-8-7-11(3)10-12(13)4/h1,7-8,10,14,16H,6,9H2,2-4H3. The first-order valence-corrected chi connectivity index (χ1v) is 6.00. The van der Waals surface area contributed by atoms with Gasteiger partial charge in [-0.25, -0.2) is 4.79 Å². The second kappa shape index (κ2) is 6.83. The Morgan fingerprint density at radius 1 is 1.50 bits per heavy atom. The Hall–Kier alpha value is -1.79. The average Bonchev–Trinajstić information content (AvgIpc) is 2.32. The maximum atomic E-state index is 11.9. The van der Waals surface area contributed by atoms with Gasteiger partial charge in [0.1, 0.15) is 6.04 Å². The minimum atomic E-state index is -0.499. The third-order valence-corrected chi connectivity index (χ3v) is 2.67. The Bertz CT molecular complexity index is 460. The molecule has 0 spiro atoms. The average molecular weight is 245 g/mol. The summed E-state index contributed by atoms with van der Waals surface area (Å²) in [6, 6.07) is 5.46. The molecule has 0 saturated heterocycles. The van der Waals surface area contributed by atoms with Crippen molar-refractivity contribution in [3.05, 3.63) is 34.9 Å². The van der Waals surface area contributed by atoms with Crippen molar-refractivity contribution in [2.75, 3.05) is 13.2 Å². The van der Waals surface area contributed by atoms with Crippen molar-refractivity contribution in [2.45, 2.75) is 26.8 Å². The molecule has 0 aliphatic carbocycles. The fourth-order valence-corrected chi connectivity index (χ4v) is 1.86. The van der Waals surface area contributed by atoms with E-state index < -0.39 is 6.04 Å². The highest BCUT2D eigenvalue weighted by molar-refractivity contribution is 5.78. The van der Waals surface area contributed by atoms with Crippen molar-refractivity contribution < 1.29 is 9.53 Å². The molecule has 0 aromatic heterocycles. The van der Waals surface area contributed by atoms with Gasteiger partial charge in [-0.15, -0.1) is 6.42 Å². The summed E-state index contributed by atoms with van der Waals surface area (Å²) in [7, 11) is 0. The van der Waals surface area contributed by atoms with E-state index in [4.69, 9.17) is 11.2 Å². The number of benzene rings is 1. The van der Waals surface area contributed by atoms with Gasteiger partial charge in [-0.1, -0.05) is 29.7 Å². The molecular weight excluding hydrogens is 226 g/mol. The van der Waals surface area contributed by atoms with E-state index in [1.165, 1.54) is 0 Å². The second-order valence-electron chi connectivity index (χ2n) is 4.13. The van der Waals surface area contributed by atoms with Crippen LogP contribution in [0.5, 0.6) is 0 Å². The van der Waals surface area contributed by atoms with Crippen molar-refractivity contribution >= 4 is 5.97 Å². The van der Waals surface area contributed by atoms with Gasteiger partial charge in [-0.2, -0.15) is 0 Å². The van der Waals surface area contributed by atoms with Gasteiger partial charge in [0.15, 0.2) is 0 Å². The number of rotatable bonds is 5. The highest BCUT2D eigenvalue weighted by Crippen LogP contribution is 2.20. The van der Waals surface area contributed by atoms with Crippen molar-refractivity contribution in [3.8, 4) is 12.3 Å². The van der Waals surface area contributed by atoms with Gasteiger partial charge in [0.05, 0.1) is 13.2 Å². The van der Waals surface area contributed by atoms with Gasteiger partial charge >= 0.3 is 5.97 Å². The van der Waals surface area contributed by atoms with E-state index in [9.17, 15) is 4.79 Å². The molecule has 3 nitrogen and oxygen atoms in total. The molecular formula is C15H19NO2. The molecule has 0 aliphatic heterocycles. The second-order valence-corrected chi connectivity index (χ2v) is 4.13. The van der Waals surface area contributed by atoms with Crippen LogP contribution in [0.3, 0.4) is 0 Å². The van der Waals surface area contributed by atoms with Crippen LogP contribution in [0, 0.1) is 26.2 Å². The van der Waals surface area contributed by atoms with Crippen LogP contribution in [0.1, 0.15) is 29.7 Å². The van der Waals surface area contributed by atoms with Crippen LogP contribution in [0.2, 0.25) is 0 Å². The highest BCUT2D eigenvalue weighted by Gasteiger charge is 2.22. The molecule has 1 unspecified atom stereocenters. The number of hydrogen-bond acceptors (Lipinski definition) is 3. The molecule has 0 bridgehead atoms. The molecule has 0 saturated carbocycles. The summed E-state index contributed by atoms with van der Waals surface area (Å²) in [6.45, 7) is 6.48. The van der Waals surface area contributed by atoms with Crippen molar-refractivity contribution in [2.24, 2.45) is 0 Å². The van der Waals surface area contributed by atoms with Crippen LogP contribution in [0.4, 0.5) is 0 Å². The van der Waals surface area contributed by atoms with Crippen LogP contribution in [0.15, 0.2) is 18.2 Å². The zero-order valence-electron chi connectivity index (χ0n) is 11.1. The summed E-state index contributed by atoms with van der Waals surface area (Å²) in [5, 5.41) is 3.02. The maximum absolute atomic E-state index is 11.9. The number of hydrogen-bond donors (Lipinski definition) is 1. The lowest BCUT2D eigenvalue weighted by Crippen LogP contribution is -2.31. The molecule has 96 valence electrons. The molecule has 0 amide bonds. The summed E-state index contributed by atoms with van der Waals surface area (Å²) < 4.78 is 5.07. The number of carbonyl (C=O) groups is 1. The van der Waals surface area contributed by atoms with E-state index in [1.807, 2.05) is 32.0 Å². The molecule has 1 rings (SSSR count). The summed E-state index contributed by atoms with van der Waals surface area (Å²) in [5.41, 5.74) is 3.13. The molecule has 3 heteroatoms. The van der Waals surface area contributed by atoms with E-state index in [0.29, 0.717) is 13.2 Å². The summed E-state index contributed by atoms with van der Waals surface area (Å²) in [5.74, 6) is 2.18. The van der Waals surface area contributed by atoms with Gasteiger partial charge < -0.3 is 4.74 Å². The first-order valence-electron chi connectivity index (χ1n) is 6.00. The van der Waals surface area contributed by atoms with Crippen molar-refractivity contribution in [3.63, 3.8) is 0 Å². The zero-order chi connectivity index (χ0) is 13.5. The third kappa shape index (κ3) is 3.61. The Morgan fingerprint density at radius 3 is 2.78 bits per heavy atom. The topological polar surface area (TPSA) is 38.3 Å². The molecule has 0 radical (unpaired) electrons. The van der Waals surface area contributed by atoms with Gasteiger partial charge in [0.2, 0.25) is 0 Å². The van der Waals surface area contributed by atoms with Crippen LogP contribution < -0.4 is 5.32 Å². The quantitative estimate of drug-likeness (QED) is 0.638. The fraction of sp³-hybridized carbons (Fsp3) is 0.400. The predicted molar refractivity (Wildman–Crippen MR) is 72.1 cm³/mol. The molecule has 1 atom stereocenters. The normalized spacial score (nSPS) is 11.7. The molecule has 1 N–H and O–H groups in total. The first kappa shape index (κ1) is 14.3. The van der Waals surface area contributed by atoms with E-state index >= 15 is 0 Å². The fourth-order valence-electron chi connectivity index (χ4n) is 1.86. The van der Waals surface area contributed by atoms with E-state index in [-0.39, 0.29) is 5.97 Å². The number of terminal acetylenes is 1. The number of ether oxygens (including phenoxy) is 1. The number of nitrogens with one attached hydrogen (secondary N) is 1. The monoisotopic (exact) mass is 245 g/mol. The minimum Gasteiger partial charge on any atom is -0.465 e. The SMILES string of the molecule is C#CCNC(C(=O)OCC)c1ccc(C)cc1C. The molecule has 0 aliphatic rings. The zero-order valence-corrected chi connectivity index (χ0v) is 11.1. The van der Waals surface area contributed by atoms with Crippen molar-refractivity contribution in [1.29, 1.82) is 0 Å². The Balaban J connectivity index is 3.01. The lowest BCUT2D eigenvalue weighted by molar-refractivity contribution is -0.145. The van der Waals surface area contributed by atoms with Crippen LogP contribution in [-0.2, 0) is 9.53 Å². The number of aryl methyl sites for hydroxylation is 2. The molecule has 1 aromatic rings. The summed E-state index contributed by atoms with van der Waals surface area (Å²) in [6.07, 6.45) is 5.23. The Morgan fingerprint density at radius 2 is 2.22 bits per heavy atom. The van der Waals surface area contributed by atoms with E-state index in [2.05, 4.69) is 11.2 Å². The third-order valence-electron chi connectivity index (χ3n) is 2.67. The lowest BCUT2D eigenvalue weighted by Gasteiger charge is -2.18. The number of esters is 1. The van der Waals surface area contributed by atoms with Gasteiger partial charge in [0.25, 0.3) is 0 Å². The lowest BCUT2D eigenvalue weighted by atomic mass is 9.99. The largest absolute Gasteiger partial charge is 0.465 e. The van der Waals surface area contributed by atoms with Crippen LogP contribution in [-0.4, -0.2) is 19.1 Å². The van der Waals surface area contributed by atoms with Gasteiger partial charge in [-0.3, -0.25) is 5.32 Å². The van der Waals surface area contributed by atoms with E-state index in [0.717, 1.165) is 16.7 Å². The smallest absolute Gasteiger partial charge is 0.327 e. The van der Waals surface area contributed by atoms with Crippen LogP contribution >= 0.6 is 0 Å². The molecule has 0 fully saturated rings. The summed E-state index contributed by atoms with van der Waals surface area (Å²) >= 11 is 0. The number of carbonyl (C=O) groups excluding carboxylic acids is 1. The summed E-state index contributed by atoms with van der Waals surface area (Å²) in [4.78, 5) is 11.9. The minimum absolute atomic E-state index is 0.292. The van der Waals surface area contributed by atoms with Gasteiger partial charge in [-0.05, 0) is 31.9 Å². The Labute approximate surface area is 109 Å². The van der Waals surface area contributed by atoms with Crippen molar-refractivity contribution in [1.82, 2.24) is 5.32 Å². The van der Waals surface area contributed by atoms with Gasteiger partial charge in [0, 0.05) is 0 Å². The molecule has 0 heterocycles. The van der Waals surface area contributed by atoms with Crippen LogP contribution in [0.25, 0.3) is 0 Å².